The first-order valence-corrected chi connectivity index (χ1v) is 5.51. The van der Waals surface area contributed by atoms with Crippen LogP contribution in [-0.4, -0.2) is 17.3 Å². The van der Waals surface area contributed by atoms with Crippen LogP contribution in [0.4, 0.5) is 13.2 Å². The number of nitrogens with zero attached hydrogens (tertiary/aromatic N) is 1. The second kappa shape index (κ2) is 4.95. The number of nitrogens with one attached hydrogen (secondary N) is 1. The molecule has 2 rings (SSSR count). The number of benzene rings is 1. The van der Waals surface area contributed by atoms with Gasteiger partial charge in [-0.3, -0.25) is 5.10 Å². The highest BCUT2D eigenvalue weighted by Crippen LogP contribution is 2.32. The standard InChI is InChI=1S/C13H12F3N2O/c1-8-11(12(18-17-8)13(14,15)16)7-9-3-5-10(19-2)6-4-9/h3-6H,1,7H2,2H3,(H,17,18). The number of halogens is 3. The van der Waals surface area contributed by atoms with Crippen LogP contribution in [0, 0.1) is 6.92 Å². The number of hydrogen-bond acceptors (Lipinski definition) is 2. The Labute approximate surface area is 108 Å². The van der Waals surface area contributed by atoms with Gasteiger partial charge in [0.15, 0.2) is 5.69 Å². The lowest BCUT2D eigenvalue weighted by Crippen LogP contribution is -2.09. The van der Waals surface area contributed by atoms with Crippen molar-refractivity contribution in [2.45, 2.75) is 12.6 Å². The van der Waals surface area contributed by atoms with Crippen molar-refractivity contribution in [1.29, 1.82) is 0 Å². The molecule has 101 valence electrons. The smallest absolute Gasteiger partial charge is 0.435 e. The summed E-state index contributed by atoms with van der Waals surface area (Å²) >= 11 is 0. The molecule has 2 aromatic rings. The Morgan fingerprint density at radius 1 is 1.26 bits per heavy atom. The summed E-state index contributed by atoms with van der Waals surface area (Å²) in [6.07, 6.45) is -4.36. The summed E-state index contributed by atoms with van der Waals surface area (Å²) in [6, 6.07) is 6.83. The van der Waals surface area contributed by atoms with Crippen LogP contribution in [0.5, 0.6) is 5.75 Å². The first-order valence-electron chi connectivity index (χ1n) is 5.51. The van der Waals surface area contributed by atoms with Crippen molar-refractivity contribution in [3.05, 3.63) is 53.7 Å². The predicted molar refractivity (Wildman–Crippen MR) is 63.8 cm³/mol. The second-order valence-electron chi connectivity index (χ2n) is 4.05. The number of H-pyrrole nitrogens is 1. The quantitative estimate of drug-likeness (QED) is 0.929. The second-order valence-corrected chi connectivity index (χ2v) is 4.05. The van der Waals surface area contributed by atoms with Crippen molar-refractivity contribution in [1.82, 2.24) is 10.2 Å². The molecule has 1 aromatic heterocycles. The molecule has 6 heteroatoms. The van der Waals surface area contributed by atoms with Crippen LogP contribution in [0.1, 0.15) is 22.5 Å². The molecule has 0 fully saturated rings. The summed E-state index contributed by atoms with van der Waals surface area (Å²) in [4.78, 5) is 0. The number of aromatic nitrogens is 2. The van der Waals surface area contributed by atoms with E-state index in [2.05, 4.69) is 17.1 Å². The van der Waals surface area contributed by atoms with Gasteiger partial charge >= 0.3 is 6.18 Å². The summed E-state index contributed by atoms with van der Waals surface area (Å²) in [5, 5.41) is 5.56. The molecule has 19 heavy (non-hydrogen) atoms. The number of ether oxygens (including phenoxy) is 1. The van der Waals surface area contributed by atoms with Crippen LogP contribution in [0.2, 0.25) is 0 Å². The molecule has 0 amide bonds. The molecule has 3 nitrogen and oxygen atoms in total. The summed E-state index contributed by atoms with van der Waals surface area (Å²) in [6.45, 7) is 3.54. The molecule has 1 heterocycles. The third-order valence-corrected chi connectivity index (χ3v) is 2.76. The molecule has 0 spiro atoms. The fraction of sp³-hybridized carbons (Fsp3) is 0.231. The van der Waals surface area contributed by atoms with E-state index in [9.17, 15) is 13.2 Å². The van der Waals surface area contributed by atoms with E-state index in [0.29, 0.717) is 5.75 Å². The molecular weight excluding hydrogens is 257 g/mol. The fourth-order valence-corrected chi connectivity index (χ4v) is 1.77. The summed E-state index contributed by atoms with van der Waals surface area (Å²) in [5.41, 5.74) is 0.0757. The van der Waals surface area contributed by atoms with Crippen LogP contribution in [0.25, 0.3) is 0 Å². The number of methoxy groups -OCH3 is 1. The Morgan fingerprint density at radius 3 is 2.42 bits per heavy atom. The minimum Gasteiger partial charge on any atom is -0.497 e. The minimum absolute atomic E-state index is 0.0673. The Balaban J connectivity index is 2.30. The molecule has 0 bridgehead atoms. The Hall–Kier alpha value is -1.98. The van der Waals surface area contributed by atoms with E-state index in [0.717, 1.165) is 5.56 Å². The molecule has 0 aliphatic heterocycles. The zero-order valence-electron chi connectivity index (χ0n) is 10.2. The highest BCUT2D eigenvalue weighted by Gasteiger charge is 2.37. The van der Waals surface area contributed by atoms with Gasteiger partial charge in [-0.2, -0.15) is 18.3 Å². The third-order valence-electron chi connectivity index (χ3n) is 2.76. The van der Waals surface area contributed by atoms with Gasteiger partial charge in [0.25, 0.3) is 0 Å². The molecule has 0 aliphatic rings. The lowest BCUT2D eigenvalue weighted by molar-refractivity contribution is -0.141. The maximum Gasteiger partial charge on any atom is 0.435 e. The third kappa shape index (κ3) is 2.89. The SMILES string of the molecule is [CH2]c1[nH]nc(C(F)(F)F)c1Cc1ccc(OC)cc1. The van der Waals surface area contributed by atoms with Crippen LogP contribution in [-0.2, 0) is 12.6 Å². The Morgan fingerprint density at radius 2 is 1.89 bits per heavy atom. The molecule has 0 saturated carbocycles. The molecule has 0 atom stereocenters. The van der Waals surface area contributed by atoms with Crippen LogP contribution < -0.4 is 4.74 Å². The van der Waals surface area contributed by atoms with Crippen molar-refractivity contribution in [3.63, 3.8) is 0 Å². The lowest BCUT2D eigenvalue weighted by Gasteiger charge is -2.08. The van der Waals surface area contributed by atoms with Gasteiger partial charge in [0, 0.05) is 17.7 Å². The molecule has 0 saturated heterocycles. The van der Waals surface area contributed by atoms with Crippen LogP contribution in [0.15, 0.2) is 24.3 Å². The predicted octanol–water partition coefficient (Wildman–Crippen LogP) is 3.21. The van der Waals surface area contributed by atoms with Crippen LogP contribution >= 0.6 is 0 Å². The van der Waals surface area contributed by atoms with Crippen molar-refractivity contribution in [2.75, 3.05) is 7.11 Å². The molecule has 0 unspecified atom stereocenters. The maximum absolute atomic E-state index is 12.8. The fourth-order valence-electron chi connectivity index (χ4n) is 1.77. The first kappa shape index (κ1) is 13.5. The van der Waals surface area contributed by atoms with Crippen LogP contribution in [0.3, 0.4) is 0 Å². The van der Waals surface area contributed by atoms with Gasteiger partial charge in [0.05, 0.1) is 7.11 Å². The van der Waals surface area contributed by atoms with Gasteiger partial charge in [-0.1, -0.05) is 12.1 Å². The van der Waals surface area contributed by atoms with E-state index in [-0.39, 0.29) is 17.7 Å². The molecule has 1 N–H and O–H groups in total. The number of rotatable bonds is 3. The highest BCUT2D eigenvalue weighted by atomic mass is 19.4. The Kier molecular flexibility index (Phi) is 3.50. The maximum atomic E-state index is 12.8. The van der Waals surface area contributed by atoms with E-state index in [1.807, 2.05) is 0 Å². The van der Waals surface area contributed by atoms with Gasteiger partial charge in [-0.15, -0.1) is 0 Å². The largest absolute Gasteiger partial charge is 0.497 e. The minimum atomic E-state index is -4.48. The van der Waals surface area contributed by atoms with E-state index in [4.69, 9.17) is 4.74 Å². The van der Waals surface area contributed by atoms with E-state index in [1.165, 1.54) is 7.11 Å². The van der Waals surface area contributed by atoms with E-state index >= 15 is 0 Å². The zero-order valence-corrected chi connectivity index (χ0v) is 10.2. The number of aromatic amines is 1. The summed E-state index contributed by atoms with van der Waals surface area (Å²) < 4.78 is 43.3. The van der Waals surface area contributed by atoms with Crippen molar-refractivity contribution < 1.29 is 17.9 Å². The van der Waals surface area contributed by atoms with Gasteiger partial charge in [0.1, 0.15) is 5.75 Å². The first-order chi connectivity index (χ1) is 8.91. The number of hydrogen-bond donors (Lipinski definition) is 1. The average molecular weight is 269 g/mol. The normalized spacial score (nSPS) is 11.6. The molecular formula is C13H12F3N2O. The molecule has 1 aromatic carbocycles. The Bertz CT molecular complexity index is 558. The van der Waals surface area contributed by atoms with E-state index in [1.54, 1.807) is 24.3 Å². The van der Waals surface area contributed by atoms with Crippen molar-refractivity contribution in [2.24, 2.45) is 0 Å². The lowest BCUT2D eigenvalue weighted by atomic mass is 10.0. The van der Waals surface area contributed by atoms with Gasteiger partial charge < -0.3 is 4.74 Å². The summed E-state index contributed by atoms with van der Waals surface area (Å²) in [7, 11) is 1.53. The highest BCUT2D eigenvalue weighted by molar-refractivity contribution is 5.36. The zero-order chi connectivity index (χ0) is 14.0. The summed E-state index contributed by atoms with van der Waals surface area (Å²) in [5.74, 6) is 0.654. The average Bonchev–Trinajstić information content (AvgIpc) is 2.72. The van der Waals surface area contributed by atoms with Crippen molar-refractivity contribution >= 4 is 0 Å². The topological polar surface area (TPSA) is 37.9 Å². The van der Waals surface area contributed by atoms with Gasteiger partial charge in [-0.05, 0) is 24.6 Å². The molecule has 0 aliphatic carbocycles. The van der Waals surface area contributed by atoms with Crippen molar-refractivity contribution in [3.8, 4) is 5.75 Å². The van der Waals surface area contributed by atoms with E-state index < -0.39 is 11.9 Å². The van der Waals surface area contributed by atoms with Gasteiger partial charge in [-0.25, -0.2) is 0 Å². The molecule has 1 radical (unpaired) electrons. The van der Waals surface area contributed by atoms with Gasteiger partial charge in [0.2, 0.25) is 0 Å². The monoisotopic (exact) mass is 269 g/mol. The number of alkyl halides is 3.